The largest absolute Gasteiger partial charge is 0.368 e. The zero-order valence-corrected chi connectivity index (χ0v) is 35.8. The van der Waals surface area contributed by atoms with Crippen molar-refractivity contribution in [1.29, 1.82) is 0 Å². The second-order valence-corrected chi connectivity index (χ2v) is 16.3. The van der Waals surface area contributed by atoms with E-state index in [0.29, 0.717) is 40.6 Å². The molecule has 0 bridgehead atoms. The van der Waals surface area contributed by atoms with Gasteiger partial charge in [-0.15, -0.1) is 10.2 Å². The van der Waals surface area contributed by atoms with E-state index in [1.807, 2.05) is 94.4 Å². The number of hydrogen-bond donors (Lipinski definition) is 4. The summed E-state index contributed by atoms with van der Waals surface area (Å²) in [6.45, 7) is 7.92. The van der Waals surface area contributed by atoms with Gasteiger partial charge < -0.3 is 22.1 Å². The average molecular weight is 869 g/mol. The van der Waals surface area contributed by atoms with Gasteiger partial charge in [-0.3, -0.25) is 14.8 Å². The van der Waals surface area contributed by atoms with Crippen molar-refractivity contribution in [3.05, 3.63) is 154 Å². The van der Waals surface area contributed by atoms with Crippen LogP contribution in [0.2, 0.25) is 0 Å². The maximum absolute atomic E-state index is 14.4. The molecule has 15 nitrogen and oxygen atoms in total. The Bertz CT molecular complexity index is 3310. The first-order chi connectivity index (χ1) is 31.4. The number of carbonyl (C=O) groups is 1. The molecule has 1 aliphatic carbocycles. The topological polar surface area (TPSA) is 205 Å². The summed E-state index contributed by atoms with van der Waals surface area (Å²) in [7, 11) is 0. The molecule has 0 spiro atoms. The van der Waals surface area contributed by atoms with Gasteiger partial charge in [0.1, 0.15) is 11.6 Å². The van der Waals surface area contributed by atoms with Crippen molar-refractivity contribution >= 4 is 29.1 Å². The molecule has 6 N–H and O–H groups in total. The molecule has 0 radical (unpaired) electrons. The third-order valence-electron chi connectivity index (χ3n) is 11.4. The fraction of sp³-hybridized carbons (Fsp3) is 0.188. The molecule has 9 aromatic rings. The Morgan fingerprint density at radius 3 is 1.89 bits per heavy atom. The number of nitrogen functional groups attached to an aromatic ring is 2. The SMILES string of the molecule is Cc1cc(-c2c(-c3ccccc3)nc(N)n3nc(CNC4CC4c4cccc(-c5nc(N)n6nc(C(=O)NCc7ccc(F)cc7F)nc6c5-c5cc(C)nc(C)c5)c4)nc23)cc(C)n1. The zero-order valence-electron chi connectivity index (χ0n) is 35.8. The van der Waals surface area contributed by atoms with Crippen LogP contribution in [0.5, 0.6) is 0 Å². The van der Waals surface area contributed by atoms with Gasteiger partial charge in [0.25, 0.3) is 5.91 Å². The summed E-state index contributed by atoms with van der Waals surface area (Å²) in [5.41, 5.74) is 24.6. The molecule has 324 valence electrons. The van der Waals surface area contributed by atoms with Crippen LogP contribution >= 0.6 is 0 Å². The molecule has 1 fully saturated rings. The molecule has 1 aliphatic rings. The summed E-state index contributed by atoms with van der Waals surface area (Å²) >= 11 is 0. The molecule has 6 heterocycles. The molecular formula is C48H42F2N14O. The lowest BCUT2D eigenvalue weighted by atomic mass is 9.97. The zero-order chi connectivity index (χ0) is 45.1. The number of aromatic nitrogens is 10. The molecule has 0 saturated heterocycles. The minimum Gasteiger partial charge on any atom is -0.368 e. The standard InChI is InChI=1S/C48H42F2N14O/c1-24-15-32(16-25(2)55-24)39-41(28-9-6-5-7-10-28)58-47(51)63-44(39)57-38(61-63)23-53-37-21-35(37)29-11-8-12-30(19-29)42-40(33-17-26(3)56-27(4)18-33)45-60-43(62-64(45)48(52)59-42)46(65)54-22-31-13-14-34(49)20-36(31)50/h5-20,35,37,53H,21-23H2,1-4H3,(H2,51,58)(H2,52,59)(H,54,65). The summed E-state index contributed by atoms with van der Waals surface area (Å²) in [5, 5.41) is 15.5. The second kappa shape index (κ2) is 16.3. The van der Waals surface area contributed by atoms with Gasteiger partial charge in [0.15, 0.2) is 17.1 Å². The molecule has 2 atom stereocenters. The minimum absolute atomic E-state index is 0.0118. The molecule has 0 aliphatic heterocycles. The number of carbonyl (C=O) groups excluding carboxylic acids is 1. The lowest BCUT2D eigenvalue weighted by molar-refractivity contribution is 0.0940. The Morgan fingerprint density at radius 2 is 1.25 bits per heavy atom. The maximum Gasteiger partial charge on any atom is 0.291 e. The number of nitrogens with one attached hydrogen (secondary N) is 2. The molecule has 1 amide bonds. The van der Waals surface area contributed by atoms with Gasteiger partial charge in [0, 0.05) is 64.0 Å². The fourth-order valence-corrected chi connectivity index (χ4v) is 8.48. The Balaban J connectivity index is 0.942. The van der Waals surface area contributed by atoms with E-state index in [0.717, 1.165) is 74.7 Å². The molecular weight excluding hydrogens is 827 g/mol. The Kier molecular flexibility index (Phi) is 10.2. The summed E-state index contributed by atoms with van der Waals surface area (Å²) < 4.78 is 30.8. The maximum atomic E-state index is 14.4. The van der Waals surface area contributed by atoms with Gasteiger partial charge in [-0.2, -0.15) is 9.03 Å². The van der Waals surface area contributed by atoms with Gasteiger partial charge in [0.2, 0.25) is 17.7 Å². The van der Waals surface area contributed by atoms with E-state index in [1.54, 1.807) is 4.52 Å². The van der Waals surface area contributed by atoms with Crippen LogP contribution in [0.3, 0.4) is 0 Å². The number of halogens is 2. The number of hydrogen-bond acceptors (Lipinski definition) is 12. The summed E-state index contributed by atoms with van der Waals surface area (Å²) in [5.74, 6) is -1.35. The van der Waals surface area contributed by atoms with E-state index in [2.05, 4.69) is 42.8 Å². The van der Waals surface area contributed by atoms with Crippen LogP contribution in [0.25, 0.3) is 56.1 Å². The lowest BCUT2D eigenvalue weighted by Crippen LogP contribution is -2.24. The van der Waals surface area contributed by atoms with Crippen LogP contribution in [0.15, 0.2) is 97.1 Å². The number of amides is 1. The van der Waals surface area contributed by atoms with Crippen LogP contribution < -0.4 is 22.1 Å². The lowest BCUT2D eigenvalue weighted by Gasteiger charge is -2.14. The number of nitrogens with zero attached hydrogens (tertiary/aromatic N) is 10. The third kappa shape index (κ3) is 7.97. The first kappa shape index (κ1) is 41.0. The number of anilines is 2. The van der Waals surface area contributed by atoms with Crippen LogP contribution in [-0.4, -0.2) is 61.1 Å². The first-order valence-electron chi connectivity index (χ1n) is 21.0. The van der Waals surface area contributed by atoms with E-state index < -0.39 is 17.5 Å². The van der Waals surface area contributed by atoms with Gasteiger partial charge in [-0.1, -0.05) is 54.6 Å². The van der Waals surface area contributed by atoms with Crippen molar-refractivity contribution in [2.45, 2.75) is 59.2 Å². The smallest absolute Gasteiger partial charge is 0.291 e. The second-order valence-electron chi connectivity index (χ2n) is 16.3. The number of rotatable bonds is 11. The number of benzene rings is 3. The van der Waals surface area contributed by atoms with Crippen molar-refractivity contribution in [3.63, 3.8) is 0 Å². The highest BCUT2D eigenvalue weighted by molar-refractivity contribution is 5.95. The van der Waals surface area contributed by atoms with E-state index in [4.69, 9.17) is 31.5 Å². The molecule has 3 aromatic carbocycles. The van der Waals surface area contributed by atoms with Crippen LogP contribution in [0, 0.1) is 39.3 Å². The molecule has 1 saturated carbocycles. The first-order valence-corrected chi connectivity index (χ1v) is 21.0. The van der Waals surface area contributed by atoms with E-state index in [1.165, 1.54) is 10.6 Å². The van der Waals surface area contributed by atoms with Crippen molar-refractivity contribution in [3.8, 4) is 44.8 Å². The van der Waals surface area contributed by atoms with Crippen LogP contribution in [0.1, 0.15) is 62.7 Å². The van der Waals surface area contributed by atoms with E-state index in [-0.39, 0.29) is 41.8 Å². The van der Waals surface area contributed by atoms with Gasteiger partial charge in [-0.25, -0.2) is 28.7 Å². The monoisotopic (exact) mass is 868 g/mol. The Morgan fingerprint density at radius 1 is 0.646 bits per heavy atom. The summed E-state index contributed by atoms with van der Waals surface area (Å²) in [4.78, 5) is 41.9. The number of fused-ring (bicyclic) bond motifs is 2. The van der Waals surface area contributed by atoms with Gasteiger partial charge in [-0.05, 0) is 87.2 Å². The fourth-order valence-electron chi connectivity index (χ4n) is 8.48. The average Bonchev–Trinajstić information content (AvgIpc) is 3.69. The highest BCUT2D eigenvalue weighted by atomic mass is 19.1. The quantitative estimate of drug-likeness (QED) is 0.101. The van der Waals surface area contributed by atoms with Crippen molar-refractivity contribution in [2.24, 2.45) is 0 Å². The number of pyridine rings is 2. The molecule has 6 aromatic heterocycles. The normalized spacial score (nSPS) is 14.6. The van der Waals surface area contributed by atoms with Gasteiger partial charge >= 0.3 is 0 Å². The van der Waals surface area contributed by atoms with Crippen LogP contribution in [0.4, 0.5) is 20.7 Å². The van der Waals surface area contributed by atoms with E-state index >= 15 is 0 Å². The highest BCUT2D eigenvalue weighted by Crippen LogP contribution is 2.43. The van der Waals surface area contributed by atoms with E-state index in [9.17, 15) is 13.6 Å². The summed E-state index contributed by atoms with van der Waals surface area (Å²) in [6, 6.07) is 29.2. The Hall–Kier alpha value is -8.05. The van der Waals surface area contributed by atoms with Crippen molar-refractivity contribution in [1.82, 2.24) is 59.8 Å². The predicted molar refractivity (Wildman–Crippen MR) is 242 cm³/mol. The van der Waals surface area contributed by atoms with Crippen molar-refractivity contribution < 1.29 is 13.6 Å². The molecule has 17 heteroatoms. The van der Waals surface area contributed by atoms with Crippen LogP contribution in [-0.2, 0) is 13.1 Å². The molecule has 10 rings (SSSR count). The highest BCUT2D eigenvalue weighted by Gasteiger charge is 2.38. The van der Waals surface area contributed by atoms with Gasteiger partial charge in [0.05, 0.1) is 29.1 Å². The summed E-state index contributed by atoms with van der Waals surface area (Å²) in [6.07, 6.45) is 0.883. The number of nitrogens with two attached hydrogens (primary N) is 2. The molecule has 65 heavy (non-hydrogen) atoms. The van der Waals surface area contributed by atoms with Crippen molar-refractivity contribution in [2.75, 3.05) is 11.5 Å². The predicted octanol–water partition coefficient (Wildman–Crippen LogP) is 7.27. The molecule has 2 unspecified atom stereocenters. The Labute approximate surface area is 371 Å². The minimum atomic E-state index is -0.779. The third-order valence-corrected chi connectivity index (χ3v) is 11.4. The number of aryl methyl sites for hydroxylation is 4.